The maximum atomic E-state index is 15.8. The summed E-state index contributed by atoms with van der Waals surface area (Å²) < 4.78 is 17.9. The number of nitrogens with zero attached hydrogens (tertiary/aromatic N) is 4. The number of anilines is 1. The molecule has 0 bridgehead atoms. The normalized spacial score (nSPS) is 22.5. The number of halogens is 2. The van der Waals surface area contributed by atoms with Crippen LogP contribution < -0.4 is 5.32 Å². The van der Waals surface area contributed by atoms with Crippen LogP contribution in [0.15, 0.2) is 61.4 Å². The lowest BCUT2D eigenvalue weighted by molar-refractivity contribution is 0.0730. The van der Waals surface area contributed by atoms with Gasteiger partial charge >= 0.3 is 0 Å². The van der Waals surface area contributed by atoms with E-state index in [1.165, 1.54) is 109 Å². The quantitative estimate of drug-likeness (QED) is 0.215. The number of rotatable bonds is 11. The van der Waals surface area contributed by atoms with E-state index in [0.29, 0.717) is 40.5 Å². The number of piperazine rings is 1. The van der Waals surface area contributed by atoms with Crippen LogP contribution in [0.4, 0.5) is 10.1 Å². The molecule has 3 aromatic rings. The van der Waals surface area contributed by atoms with Crippen molar-refractivity contribution in [3.63, 3.8) is 0 Å². The number of likely N-dealkylation sites (tertiary alicyclic amines) is 1. The first-order chi connectivity index (χ1) is 24.3. The van der Waals surface area contributed by atoms with Crippen LogP contribution in [-0.2, 0) is 13.5 Å². The molecule has 2 aliphatic heterocycles. The Morgan fingerprint density at radius 2 is 1.54 bits per heavy atom. The molecule has 2 saturated carbocycles. The Balaban J connectivity index is 0.00000212. The molecule has 7 rings (SSSR count). The molecular weight excluding hydrogens is 641 g/mol. The highest BCUT2D eigenvalue weighted by atomic mass is 35.5. The summed E-state index contributed by atoms with van der Waals surface area (Å²) in [5, 5.41) is 4.90. The van der Waals surface area contributed by atoms with Crippen molar-refractivity contribution in [3.8, 4) is 0 Å². The molecule has 2 atom stereocenters. The van der Waals surface area contributed by atoms with Crippen molar-refractivity contribution >= 4 is 33.9 Å². The van der Waals surface area contributed by atoms with E-state index in [2.05, 4.69) is 49.9 Å². The Hall–Kier alpha value is -2.80. The van der Waals surface area contributed by atoms with E-state index in [1.54, 1.807) is 6.07 Å². The predicted molar refractivity (Wildman–Crippen MR) is 211 cm³/mol. The molecule has 7 heteroatoms. The Labute approximate surface area is 306 Å². The zero-order valence-electron chi connectivity index (χ0n) is 31.0. The van der Waals surface area contributed by atoms with Gasteiger partial charge in [-0.1, -0.05) is 102 Å². The standard InChI is InChI=1S/C41H55ClFN5.C2H6/c1-29(23-32-24-38(42)40(26-39(32)43)44-30(2)37-28-45(3)41-16-10-9-15-36(37)41)48-27-35(25-34(48)18-17-31-11-5-4-6-12-31)47-21-19-46(20-22-47)33-13-7-8-14-33;1-2/h9-10,15-16,24,26,28,31,33-35,44H,1-2,4-8,11-14,17-23,25,27H2,3H3;1-2H3. The van der Waals surface area contributed by atoms with Crippen molar-refractivity contribution in [2.24, 2.45) is 13.0 Å². The zero-order chi connectivity index (χ0) is 35.2. The second-order valence-corrected chi connectivity index (χ2v) is 15.6. The SMILES string of the molecule is C=C(Nc1cc(F)c(CC(=C)N2CC(N3CCN(C4CCCC4)CC3)CC2CCC2CCCCC2)cc1Cl)c1cn(C)c2ccccc12.CC. The Kier molecular flexibility index (Phi) is 12.7. The summed E-state index contributed by atoms with van der Waals surface area (Å²) >= 11 is 6.82. The monoisotopic (exact) mass is 701 g/mol. The van der Waals surface area contributed by atoms with Crippen molar-refractivity contribution in [2.45, 2.75) is 115 Å². The number of allylic oxidation sites excluding steroid dienone is 1. The first-order valence-corrected chi connectivity index (χ1v) is 20.1. The summed E-state index contributed by atoms with van der Waals surface area (Å²) in [6.45, 7) is 18.6. The van der Waals surface area contributed by atoms with E-state index in [9.17, 15) is 0 Å². The van der Waals surface area contributed by atoms with E-state index >= 15 is 4.39 Å². The van der Waals surface area contributed by atoms with Crippen molar-refractivity contribution < 1.29 is 4.39 Å². The first kappa shape index (κ1) is 37.0. The number of aromatic nitrogens is 1. The minimum absolute atomic E-state index is 0.258. The summed E-state index contributed by atoms with van der Waals surface area (Å²) in [5.74, 6) is 0.606. The number of hydrogen-bond acceptors (Lipinski definition) is 4. The van der Waals surface area contributed by atoms with Gasteiger partial charge in [-0.3, -0.25) is 9.80 Å². The van der Waals surface area contributed by atoms with Crippen LogP contribution in [0.5, 0.6) is 0 Å². The molecule has 4 fully saturated rings. The largest absolute Gasteiger partial charge is 0.370 e. The fraction of sp³-hybridized carbons (Fsp3) is 0.581. The van der Waals surface area contributed by atoms with Gasteiger partial charge < -0.3 is 14.8 Å². The molecular formula is C43H61ClFN5. The lowest BCUT2D eigenvalue weighted by atomic mass is 9.85. The third-order valence-electron chi connectivity index (χ3n) is 12.2. The maximum absolute atomic E-state index is 15.8. The summed E-state index contributed by atoms with van der Waals surface area (Å²) in [7, 11) is 2.02. The number of fused-ring (bicyclic) bond motifs is 1. The lowest BCUT2D eigenvalue weighted by Crippen LogP contribution is -2.53. The number of nitrogens with one attached hydrogen (secondary N) is 1. The minimum atomic E-state index is -0.258. The Morgan fingerprint density at radius 3 is 2.26 bits per heavy atom. The molecule has 5 nitrogen and oxygen atoms in total. The van der Waals surface area contributed by atoms with E-state index in [0.717, 1.165) is 40.7 Å². The molecule has 0 spiro atoms. The van der Waals surface area contributed by atoms with E-state index in [4.69, 9.17) is 11.6 Å². The van der Waals surface area contributed by atoms with Gasteiger partial charge in [0.2, 0.25) is 0 Å². The van der Waals surface area contributed by atoms with Gasteiger partial charge in [0.15, 0.2) is 0 Å². The number of hydrogen-bond donors (Lipinski definition) is 1. The van der Waals surface area contributed by atoms with Crippen LogP contribution in [0.3, 0.4) is 0 Å². The Bertz CT molecular complexity index is 1590. The fourth-order valence-corrected chi connectivity index (χ4v) is 9.64. The van der Waals surface area contributed by atoms with Gasteiger partial charge in [-0.25, -0.2) is 4.39 Å². The highest BCUT2D eigenvalue weighted by molar-refractivity contribution is 6.33. The van der Waals surface area contributed by atoms with Crippen molar-refractivity contribution in [2.75, 3.05) is 38.0 Å². The summed E-state index contributed by atoms with van der Waals surface area (Å²) in [5.41, 5.74) is 4.94. The summed E-state index contributed by atoms with van der Waals surface area (Å²) in [6.07, 6.45) is 18.8. The van der Waals surface area contributed by atoms with Crippen LogP contribution in [0.25, 0.3) is 16.6 Å². The van der Waals surface area contributed by atoms with Crippen molar-refractivity contribution in [1.29, 1.82) is 0 Å². The number of benzene rings is 2. The molecule has 50 heavy (non-hydrogen) atoms. The van der Waals surface area contributed by atoms with Gasteiger partial charge in [0.05, 0.1) is 10.7 Å². The Morgan fingerprint density at radius 1 is 0.880 bits per heavy atom. The molecule has 2 unspecified atom stereocenters. The molecule has 1 aromatic heterocycles. The van der Waals surface area contributed by atoms with Crippen LogP contribution in [0.2, 0.25) is 5.02 Å². The molecule has 0 radical (unpaired) electrons. The minimum Gasteiger partial charge on any atom is -0.370 e. The van der Waals surface area contributed by atoms with Gasteiger partial charge in [-0.15, -0.1) is 0 Å². The van der Waals surface area contributed by atoms with Crippen LogP contribution >= 0.6 is 11.6 Å². The third-order valence-corrected chi connectivity index (χ3v) is 12.5. The fourth-order valence-electron chi connectivity index (χ4n) is 9.41. The molecule has 272 valence electrons. The van der Waals surface area contributed by atoms with Gasteiger partial charge in [0, 0.05) is 98.4 Å². The second-order valence-electron chi connectivity index (χ2n) is 15.2. The molecule has 4 aliphatic rings. The van der Waals surface area contributed by atoms with Gasteiger partial charge in [-0.05, 0) is 61.8 Å². The smallest absolute Gasteiger partial charge is 0.128 e. The molecule has 2 saturated heterocycles. The van der Waals surface area contributed by atoms with E-state index in [-0.39, 0.29) is 5.82 Å². The summed E-state index contributed by atoms with van der Waals surface area (Å²) in [4.78, 5) is 8.07. The highest BCUT2D eigenvalue weighted by Crippen LogP contribution is 2.36. The maximum Gasteiger partial charge on any atom is 0.128 e. The molecule has 3 heterocycles. The molecule has 0 amide bonds. The van der Waals surface area contributed by atoms with Gasteiger partial charge in [-0.2, -0.15) is 0 Å². The molecule has 1 N–H and O–H groups in total. The second kappa shape index (κ2) is 17.1. The van der Waals surface area contributed by atoms with Crippen LogP contribution in [-0.4, -0.2) is 70.1 Å². The van der Waals surface area contributed by atoms with E-state index in [1.807, 2.05) is 39.2 Å². The number of aryl methyl sites for hydroxylation is 1. The zero-order valence-corrected chi connectivity index (χ0v) is 31.8. The summed E-state index contributed by atoms with van der Waals surface area (Å²) in [6, 6.07) is 13.4. The topological polar surface area (TPSA) is 26.7 Å². The number of para-hydroxylation sites is 1. The highest BCUT2D eigenvalue weighted by Gasteiger charge is 2.38. The molecule has 2 aromatic carbocycles. The average molecular weight is 702 g/mol. The van der Waals surface area contributed by atoms with Gasteiger partial charge in [0.1, 0.15) is 5.82 Å². The third kappa shape index (κ3) is 8.45. The van der Waals surface area contributed by atoms with Crippen molar-refractivity contribution in [1.82, 2.24) is 19.3 Å². The van der Waals surface area contributed by atoms with E-state index < -0.39 is 0 Å². The first-order valence-electron chi connectivity index (χ1n) is 19.7. The lowest BCUT2D eigenvalue weighted by Gasteiger charge is -2.40. The predicted octanol–water partition coefficient (Wildman–Crippen LogP) is 10.5. The molecule has 2 aliphatic carbocycles. The van der Waals surface area contributed by atoms with Gasteiger partial charge in [0.25, 0.3) is 0 Å². The van der Waals surface area contributed by atoms with Crippen LogP contribution in [0.1, 0.15) is 102 Å². The van der Waals surface area contributed by atoms with Crippen LogP contribution in [0, 0.1) is 11.7 Å². The van der Waals surface area contributed by atoms with Crippen molar-refractivity contribution in [3.05, 3.63) is 83.4 Å². The average Bonchev–Trinajstić information content (AvgIpc) is 3.91.